The molecule has 9 heteroatoms. The van der Waals surface area contributed by atoms with Crippen LogP contribution in [0.4, 0.5) is 5.69 Å². The minimum Gasteiger partial charge on any atom is -0.461 e. The Balaban J connectivity index is 1.71. The zero-order valence-corrected chi connectivity index (χ0v) is 15.9. The summed E-state index contributed by atoms with van der Waals surface area (Å²) in [7, 11) is 0. The van der Waals surface area contributed by atoms with Gasteiger partial charge in [-0.3, -0.25) is 9.36 Å². The highest BCUT2D eigenvalue weighted by molar-refractivity contribution is 7.99. The van der Waals surface area contributed by atoms with Gasteiger partial charge in [0, 0.05) is 12.7 Å². The number of thioether (sulfide) groups is 1. The molecule has 0 unspecified atom stereocenters. The molecule has 3 aromatic rings. The Hall–Kier alpha value is -2.32. The van der Waals surface area contributed by atoms with Crippen molar-refractivity contribution < 1.29 is 9.21 Å². The van der Waals surface area contributed by atoms with E-state index in [4.69, 9.17) is 16.0 Å². The van der Waals surface area contributed by atoms with Crippen molar-refractivity contribution in [1.82, 2.24) is 19.7 Å². The van der Waals surface area contributed by atoms with Gasteiger partial charge in [0.15, 0.2) is 21.9 Å². The Morgan fingerprint density at radius 1 is 1.35 bits per heavy atom. The van der Waals surface area contributed by atoms with Gasteiger partial charge < -0.3 is 9.73 Å². The molecule has 1 amide bonds. The monoisotopic (exact) mass is 391 g/mol. The van der Waals surface area contributed by atoms with Crippen LogP contribution in [0.1, 0.15) is 13.8 Å². The van der Waals surface area contributed by atoms with Crippen molar-refractivity contribution in [2.45, 2.75) is 25.5 Å². The summed E-state index contributed by atoms with van der Waals surface area (Å²) < 4.78 is 7.41. The zero-order valence-electron chi connectivity index (χ0n) is 14.3. The van der Waals surface area contributed by atoms with Crippen molar-refractivity contribution in [1.29, 1.82) is 0 Å². The van der Waals surface area contributed by atoms with Crippen LogP contribution in [0.3, 0.4) is 0 Å². The second-order valence-electron chi connectivity index (χ2n) is 5.97. The number of rotatable bonds is 7. The highest BCUT2D eigenvalue weighted by Gasteiger charge is 2.18. The van der Waals surface area contributed by atoms with Gasteiger partial charge in [-0.2, -0.15) is 0 Å². The van der Waals surface area contributed by atoms with Crippen molar-refractivity contribution in [2.24, 2.45) is 5.92 Å². The van der Waals surface area contributed by atoms with E-state index in [9.17, 15) is 4.79 Å². The van der Waals surface area contributed by atoms with Crippen molar-refractivity contribution in [3.63, 3.8) is 0 Å². The summed E-state index contributed by atoms with van der Waals surface area (Å²) in [6.07, 6.45) is 3.17. The first-order chi connectivity index (χ1) is 12.5. The lowest BCUT2D eigenvalue weighted by molar-refractivity contribution is -0.113. The number of anilines is 1. The minimum atomic E-state index is -0.191. The fraction of sp³-hybridized carbons (Fsp3) is 0.294. The molecule has 0 bridgehead atoms. The topological polar surface area (TPSA) is 85.8 Å². The van der Waals surface area contributed by atoms with Gasteiger partial charge in [-0.15, -0.1) is 10.2 Å². The van der Waals surface area contributed by atoms with E-state index in [2.05, 4.69) is 34.3 Å². The number of halogens is 1. The van der Waals surface area contributed by atoms with Gasteiger partial charge in [-0.1, -0.05) is 37.2 Å². The molecule has 136 valence electrons. The maximum Gasteiger partial charge on any atom is 0.234 e. The van der Waals surface area contributed by atoms with Gasteiger partial charge in [-0.05, 0) is 30.2 Å². The van der Waals surface area contributed by atoms with Gasteiger partial charge in [-0.25, -0.2) is 4.98 Å². The van der Waals surface area contributed by atoms with Crippen LogP contribution < -0.4 is 5.32 Å². The number of hydrogen-bond donors (Lipinski definition) is 1. The molecule has 7 nitrogen and oxygen atoms in total. The summed E-state index contributed by atoms with van der Waals surface area (Å²) in [5.74, 6) is 1.68. The van der Waals surface area contributed by atoms with Crippen molar-refractivity contribution in [3.8, 4) is 11.6 Å². The Morgan fingerprint density at radius 3 is 2.88 bits per heavy atom. The molecule has 0 fully saturated rings. The maximum atomic E-state index is 12.2. The second-order valence-corrected chi connectivity index (χ2v) is 7.27. The van der Waals surface area contributed by atoms with Crippen molar-refractivity contribution >= 4 is 35.0 Å². The molecule has 3 rings (SSSR count). The third-order valence-electron chi connectivity index (χ3n) is 3.37. The number of nitrogens with zero attached hydrogens (tertiary/aromatic N) is 4. The van der Waals surface area contributed by atoms with Crippen LogP contribution in [0.25, 0.3) is 11.6 Å². The summed E-state index contributed by atoms with van der Waals surface area (Å²) in [5.41, 5.74) is 0.486. The van der Waals surface area contributed by atoms with Gasteiger partial charge in [0.1, 0.15) is 0 Å². The second kappa shape index (κ2) is 8.37. The molecule has 0 saturated carbocycles. The van der Waals surface area contributed by atoms with E-state index in [1.165, 1.54) is 11.8 Å². The number of nitrogens with one attached hydrogen (secondary N) is 1. The molecule has 3 aromatic heterocycles. The smallest absolute Gasteiger partial charge is 0.234 e. The molecule has 0 saturated heterocycles. The van der Waals surface area contributed by atoms with E-state index in [0.717, 1.165) is 6.54 Å². The SMILES string of the molecule is CC(C)Cn1c(SCC(=O)Nc2cccnc2Cl)nnc1-c1ccco1. The summed E-state index contributed by atoms with van der Waals surface area (Å²) in [6, 6.07) is 7.06. The van der Waals surface area contributed by atoms with Gasteiger partial charge in [0.05, 0.1) is 17.7 Å². The molecule has 1 N–H and O–H groups in total. The van der Waals surface area contributed by atoms with Crippen LogP contribution in [-0.2, 0) is 11.3 Å². The number of amides is 1. The van der Waals surface area contributed by atoms with Crippen LogP contribution >= 0.6 is 23.4 Å². The zero-order chi connectivity index (χ0) is 18.5. The molecular formula is C17H18ClN5O2S. The Bertz CT molecular complexity index is 879. The quantitative estimate of drug-likeness (QED) is 0.484. The van der Waals surface area contributed by atoms with Crippen LogP contribution in [0.2, 0.25) is 5.15 Å². The number of furan rings is 1. The third kappa shape index (κ3) is 4.44. The average molecular weight is 392 g/mol. The number of carbonyl (C=O) groups excluding carboxylic acids is 1. The van der Waals surface area contributed by atoms with Gasteiger partial charge in [0.2, 0.25) is 5.91 Å². The predicted octanol–water partition coefficient (Wildman–Crippen LogP) is 3.97. The fourth-order valence-corrected chi connectivity index (χ4v) is 3.22. The molecule has 0 aliphatic carbocycles. The van der Waals surface area contributed by atoms with E-state index in [1.54, 1.807) is 24.6 Å². The fourth-order valence-electron chi connectivity index (χ4n) is 2.31. The molecular weight excluding hydrogens is 374 g/mol. The predicted molar refractivity (Wildman–Crippen MR) is 101 cm³/mol. The normalized spacial score (nSPS) is 11.1. The van der Waals surface area contributed by atoms with Crippen LogP contribution in [0.15, 0.2) is 46.3 Å². The summed E-state index contributed by atoms with van der Waals surface area (Å²) in [5, 5.41) is 12.1. The molecule has 0 atom stereocenters. The number of pyridine rings is 1. The molecule has 0 spiro atoms. The Morgan fingerprint density at radius 2 is 2.19 bits per heavy atom. The number of hydrogen-bond acceptors (Lipinski definition) is 6. The summed E-state index contributed by atoms with van der Waals surface area (Å²) in [4.78, 5) is 16.1. The van der Waals surface area contributed by atoms with Crippen molar-refractivity contribution in [3.05, 3.63) is 41.9 Å². The van der Waals surface area contributed by atoms with E-state index < -0.39 is 0 Å². The third-order valence-corrected chi connectivity index (χ3v) is 4.64. The molecule has 0 aliphatic rings. The first kappa shape index (κ1) is 18.5. The average Bonchev–Trinajstić information content (AvgIpc) is 3.24. The standard InChI is InChI=1S/C17H18ClN5O2S/c1-11(2)9-23-16(13-6-4-8-25-13)21-22-17(23)26-10-14(24)20-12-5-3-7-19-15(12)18/h3-8,11H,9-10H2,1-2H3,(H,20,24). The molecule has 26 heavy (non-hydrogen) atoms. The number of aromatic nitrogens is 4. The van der Waals surface area contributed by atoms with Crippen LogP contribution in [0.5, 0.6) is 0 Å². The van der Waals surface area contributed by atoms with E-state index in [1.807, 2.05) is 16.7 Å². The largest absolute Gasteiger partial charge is 0.461 e. The number of carbonyl (C=O) groups is 1. The Kier molecular flexibility index (Phi) is 5.95. The van der Waals surface area contributed by atoms with E-state index in [-0.39, 0.29) is 16.8 Å². The molecule has 0 aromatic carbocycles. The highest BCUT2D eigenvalue weighted by atomic mass is 35.5. The first-order valence-corrected chi connectivity index (χ1v) is 9.41. The Labute approximate surface area is 160 Å². The van der Waals surface area contributed by atoms with Crippen molar-refractivity contribution in [2.75, 3.05) is 11.1 Å². The lowest BCUT2D eigenvalue weighted by Gasteiger charge is -2.11. The minimum absolute atomic E-state index is 0.180. The lowest BCUT2D eigenvalue weighted by atomic mass is 10.2. The van der Waals surface area contributed by atoms with Gasteiger partial charge >= 0.3 is 0 Å². The van der Waals surface area contributed by atoms with E-state index in [0.29, 0.717) is 28.3 Å². The van der Waals surface area contributed by atoms with E-state index >= 15 is 0 Å². The molecule has 0 aliphatic heterocycles. The first-order valence-electron chi connectivity index (χ1n) is 8.05. The molecule has 3 heterocycles. The van der Waals surface area contributed by atoms with Crippen LogP contribution in [0, 0.1) is 5.92 Å². The summed E-state index contributed by atoms with van der Waals surface area (Å²) in [6.45, 7) is 4.94. The highest BCUT2D eigenvalue weighted by Crippen LogP contribution is 2.26. The lowest BCUT2D eigenvalue weighted by Crippen LogP contribution is -2.15. The van der Waals surface area contributed by atoms with Gasteiger partial charge in [0.25, 0.3) is 0 Å². The maximum absolute atomic E-state index is 12.2. The molecule has 0 radical (unpaired) electrons. The summed E-state index contributed by atoms with van der Waals surface area (Å²) >= 11 is 7.27. The van der Waals surface area contributed by atoms with Crippen LogP contribution in [-0.4, -0.2) is 31.4 Å².